The Hall–Kier alpha value is -4.89. The normalized spacial score (nSPS) is 18.7. The van der Waals surface area contributed by atoms with Crippen LogP contribution in [0.5, 0.6) is 11.5 Å². The topological polar surface area (TPSA) is 90.0 Å². The fourth-order valence-corrected chi connectivity index (χ4v) is 9.96. The zero-order valence-corrected chi connectivity index (χ0v) is 37.7. The highest BCUT2D eigenvalue weighted by Crippen LogP contribution is 2.39. The van der Waals surface area contributed by atoms with Gasteiger partial charge in [0.15, 0.2) is 0 Å². The third kappa shape index (κ3) is 9.99. The number of carbonyl (C=O) groups excluding carboxylic acids is 2. The number of halogens is 2. The molecule has 1 fully saturated rings. The van der Waals surface area contributed by atoms with Gasteiger partial charge in [-0.25, -0.2) is 4.79 Å². The monoisotopic (exact) mass is 873 g/mol. The summed E-state index contributed by atoms with van der Waals surface area (Å²) < 4.78 is 18.1. The second kappa shape index (κ2) is 19.7. The van der Waals surface area contributed by atoms with Crippen molar-refractivity contribution in [2.24, 2.45) is 5.92 Å². The van der Waals surface area contributed by atoms with Gasteiger partial charge in [0, 0.05) is 31.4 Å². The first-order valence-electron chi connectivity index (χ1n) is 22.2. The summed E-state index contributed by atoms with van der Waals surface area (Å²) in [5, 5.41) is 4.20. The van der Waals surface area contributed by atoms with Gasteiger partial charge in [0.1, 0.15) is 23.6 Å². The molecule has 5 aromatic rings. The zero-order valence-electron chi connectivity index (χ0n) is 36.2. The number of fused-ring (bicyclic) bond motifs is 2. The molecular formula is C52H57Cl2N3O5. The van der Waals surface area contributed by atoms with Crippen LogP contribution in [0, 0.1) is 19.8 Å². The lowest BCUT2D eigenvalue weighted by Gasteiger charge is -2.38. The number of ether oxygens (including phenoxy) is 3. The second-order valence-electron chi connectivity index (χ2n) is 17.4. The van der Waals surface area contributed by atoms with Gasteiger partial charge < -0.3 is 19.5 Å². The second-order valence-corrected chi connectivity index (χ2v) is 18.2. The van der Waals surface area contributed by atoms with E-state index in [1.165, 1.54) is 49.5 Å². The van der Waals surface area contributed by atoms with Crippen molar-refractivity contribution in [3.8, 4) is 22.6 Å². The van der Waals surface area contributed by atoms with E-state index in [0.29, 0.717) is 42.0 Å². The maximum absolute atomic E-state index is 14.4. The molecule has 324 valence electrons. The maximum Gasteiger partial charge on any atom is 0.328 e. The molecule has 1 amide bonds. The van der Waals surface area contributed by atoms with Crippen LogP contribution in [0.15, 0.2) is 91.1 Å². The van der Waals surface area contributed by atoms with Crippen LogP contribution < -0.4 is 14.8 Å². The van der Waals surface area contributed by atoms with E-state index in [1.54, 1.807) is 0 Å². The van der Waals surface area contributed by atoms with Crippen molar-refractivity contribution in [2.45, 2.75) is 109 Å². The molecule has 0 radical (unpaired) electrons. The molecule has 0 spiro atoms. The number of aromatic nitrogens is 1. The Morgan fingerprint density at radius 2 is 1.66 bits per heavy atom. The molecule has 4 atom stereocenters. The van der Waals surface area contributed by atoms with Crippen molar-refractivity contribution in [1.82, 2.24) is 15.2 Å². The molecule has 62 heavy (non-hydrogen) atoms. The molecule has 3 heterocycles. The van der Waals surface area contributed by atoms with Gasteiger partial charge in [-0.2, -0.15) is 0 Å². The van der Waals surface area contributed by atoms with Crippen LogP contribution in [-0.2, 0) is 40.1 Å². The van der Waals surface area contributed by atoms with Crippen LogP contribution in [0.25, 0.3) is 11.1 Å². The van der Waals surface area contributed by atoms with Gasteiger partial charge in [0.05, 0.1) is 29.8 Å². The molecule has 1 saturated carbocycles. The fraction of sp³-hybridized carbons (Fsp3) is 0.404. The maximum atomic E-state index is 14.4. The molecule has 0 bridgehead atoms. The van der Waals surface area contributed by atoms with Crippen molar-refractivity contribution in [1.29, 1.82) is 0 Å². The number of esters is 1. The molecule has 0 saturated heterocycles. The van der Waals surface area contributed by atoms with Crippen LogP contribution in [-0.4, -0.2) is 54.1 Å². The number of nitrogens with one attached hydrogen (secondary N) is 1. The summed E-state index contributed by atoms with van der Waals surface area (Å²) in [5.74, 6) is 1.94. The van der Waals surface area contributed by atoms with Gasteiger partial charge >= 0.3 is 5.97 Å². The lowest BCUT2D eigenvalue weighted by Crippen LogP contribution is -2.55. The number of rotatable bonds is 13. The van der Waals surface area contributed by atoms with E-state index in [1.807, 2.05) is 49.5 Å². The molecule has 2 aliphatic heterocycles. The lowest BCUT2D eigenvalue weighted by atomic mass is 9.86. The molecule has 8 nitrogen and oxygen atoms in total. The van der Waals surface area contributed by atoms with E-state index in [4.69, 9.17) is 37.4 Å². The van der Waals surface area contributed by atoms with E-state index in [9.17, 15) is 9.59 Å². The number of nitrogens with zero attached hydrogens (tertiary/aromatic N) is 2. The smallest absolute Gasteiger partial charge is 0.328 e. The first kappa shape index (κ1) is 43.7. The Bertz CT molecular complexity index is 2380. The SMILES string of the molecule is CC[C@@H](Oc1ccc([C@@H]2CCOc3cc4c(cc3C2)CN(CC2CCCC2)[C@H](C(=O)N[C@@H](Cc2ccc(-c3ccnc(C)c3C)cc2)C(=O)OC)C4)cc1)c1ccc(Cl)c(Cl)c1. The number of hydrogen-bond acceptors (Lipinski definition) is 7. The quantitative estimate of drug-likeness (QED) is 0.118. The van der Waals surface area contributed by atoms with Crippen molar-refractivity contribution in [3.63, 3.8) is 0 Å². The minimum atomic E-state index is -0.818. The molecule has 1 aromatic heterocycles. The highest BCUT2D eigenvalue weighted by molar-refractivity contribution is 6.42. The Morgan fingerprint density at radius 3 is 2.39 bits per heavy atom. The average molecular weight is 875 g/mol. The summed E-state index contributed by atoms with van der Waals surface area (Å²) >= 11 is 12.5. The Labute approximate surface area is 376 Å². The first-order valence-corrected chi connectivity index (χ1v) is 22.9. The molecule has 8 rings (SSSR count). The van der Waals surface area contributed by atoms with E-state index in [0.717, 1.165) is 76.4 Å². The fourth-order valence-electron chi connectivity index (χ4n) is 9.65. The highest BCUT2D eigenvalue weighted by Gasteiger charge is 2.37. The van der Waals surface area contributed by atoms with Crippen molar-refractivity contribution in [2.75, 3.05) is 20.3 Å². The predicted octanol–water partition coefficient (Wildman–Crippen LogP) is 11.1. The van der Waals surface area contributed by atoms with E-state index in [2.05, 4.69) is 77.6 Å². The number of hydrogen-bond donors (Lipinski definition) is 1. The number of benzene rings is 4. The number of amides is 1. The summed E-state index contributed by atoms with van der Waals surface area (Å²) in [6, 6.07) is 27.6. The van der Waals surface area contributed by atoms with E-state index in [-0.39, 0.29) is 17.9 Å². The van der Waals surface area contributed by atoms with E-state index >= 15 is 0 Å². The molecular weight excluding hydrogens is 817 g/mol. The molecule has 10 heteroatoms. The van der Waals surface area contributed by atoms with Gasteiger partial charge in [-0.15, -0.1) is 0 Å². The van der Waals surface area contributed by atoms with Gasteiger partial charge in [0.25, 0.3) is 0 Å². The summed E-state index contributed by atoms with van der Waals surface area (Å²) in [6.07, 6.45) is 9.92. The summed E-state index contributed by atoms with van der Waals surface area (Å²) in [4.78, 5) is 34.5. The third-order valence-electron chi connectivity index (χ3n) is 13.3. The highest BCUT2D eigenvalue weighted by atomic mass is 35.5. The standard InChI is InChI=1S/C52H57Cl2N3O5/c1-5-49(39-16-19-45(53)46(54)27-39)62-43-17-14-36(15-18-43)38-21-23-61-50-29-40-28-48(57(30-35-8-6-7-9-35)31-42(40)26-41(50)25-38)51(58)56-47(52(59)60-4)24-34-10-12-37(13-11-34)44-20-22-55-33(3)32(44)2/h10-20,22,26-27,29,35,38,47-49H,5-9,21,23-25,28,30-31H2,1-4H3,(H,56,58)/t38-,47+,48+,49-/m1/s1. The van der Waals surface area contributed by atoms with Crippen LogP contribution in [0.2, 0.25) is 10.0 Å². The lowest BCUT2D eigenvalue weighted by molar-refractivity contribution is -0.145. The Morgan fingerprint density at radius 1 is 0.887 bits per heavy atom. The number of aryl methyl sites for hydroxylation is 1. The molecule has 4 aromatic carbocycles. The van der Waals surface area contributed by atoms with Gasteiger partial charge in [-0.3, -0.25) is 14.7 Å². The van der Waals surface area contributed by atoms with Crippen LogP contribution >= 0.6 is 23.2 Å². The van der Waals surface area contributed by atoms with Crippen molar-refractivity contribution >= 4 is 35.1 Å². The van der Waals surface area contributed by atoms with Crippen molar-refractivity contribution < 1.29 is 23.8 Å². The van der Waals surface area contributed by atoms with Crippen LogP contribution in [0.3, 0.4) is 0 Å². The Balaban J connectivity index is 0.975. The van der Waals surface area contributed by atoms with Gasteiger partial charge in [-0.1, -0.05) is 91.5 Å². The van der Waals surface area contributed by atoms with E-state index < -0.39 is 18.1 Å². The largest absolute Gasteiger partial charge is 0.493 e. The third-order valence-corrected chi connectivity index (χ3v) is 14.1. The van der Waals surface area contributed by atoms with Crippen LogP contribution in [0.1, 0.15) is 102 Å². The molecule has 1 N–H and O–H groups in total. The predicted molar refractivity (Wildman–Crippen MR) is 246 cm³/mol. The minimum absolute atomic E-state index is 0.135. The van der Waals surface area contributed by atoms with Gasteiger partial charge in [0.2, 0.25) is 5.91 Å². The van der Waals surface area contributed by atoms with Crippen molar-refractivity contribution in [3.05, 3.63) is 146 Å². The zero-order chi connectivity index (χ0) is 43.3. The Kier molecular flexibility index (Phi) is 13.9. The molecule has 0 unspecified atom stereocenters. The number of methoxy groups -OCH3 is 1. The number of carbonyl (C=O) groups is 2. The van der Waals surface area contributed by atoms with Gasteiger partial charge in [-0.05, 0) is 151 Å². The summed E-state index contributed by atoms with van der Waals surface area (Å²) in [6.45, 7) is 8.31. The number of pyridine rings is 1. The summed E-state index contributed by atoms with van der Waals surface area (Å²) in [5.41, 5.74) is 11.1. The average Bonchev–Trinajstić information content (AvgIpc) is 3.71. The first-order chi connectivity index (χ1) is 30.1. The summed E-state index contributed by atoms with van der Waals surface area (Å²) in [7, 11) is 1.38. The van der Waals surface area contributed by atoms with Crippen LogP contribution in [0.4, 0.5) is 0 Å². The molecule has 3 aliphatic rings. The minimum Gasteiger partial charge on any atom is -0.493 e. The molecule has 1 aliphatic carbocycles.